The first-order valence-electron chi connectivity index (χ1n) is 8.76. The van der Waals surface area contributed by atoms with Crippen LogP contribution >= 0.6 is 0 Å². The molecule has 6 nitrogen and oxygen atoms in total. The van der Waals surface area contributed by atoms with Crippen molar-refractivity contribution in [1.82, 2.24) is 10.3 Å². The van der Waals surface area contributed by atoms with E-state index in [1.165, 1.54) is 0 Å². The molecule has 1 aliphatic rings. The van der Waals surface area contributed by atoms with Gasteiger partial charge in [0.2, 0.25) is 0 Å². The van der Waals surface area contributed by atoms with Gasteiger partial charge in [0.05, 0.1) is 12.6 Å². The molecule has 0 radical (unpaired) electrons. The molecule has 134 valence electrons. The van der Waals surface area contributed by atoms with E-state index in [1.807, 2.05) is 48.7 Å². The Kier molecular flexibility index (Phi) is 4.60. The molecular formula is C20H22N4O2. The van der Waals surface area contributed by atoms with Gasteiger partial charge in [-0.2, -0.15) is 0 Å². The summed E-state index contributed by atoms with van der Waals surface area (Å²) < 4.78 is 5.53. The van der Waals surface area contributed by atoms with Crippen LogP contribution < -0.4 is 16.4 Å². The number of anilines is 2. The fourth-order valence-electron chi connectivity index (χ4n) is 3.36. The van der Waals surface area contributed by atoms with Gasteiger partial charge in [-0.15, -0.1) is 0 Å². The van der Waals surface area contributed by atoms with E-state index in [2.05, 4.69) is 21.7 Å². The summed E-state index contributed by atoms with van der Waals surface area (Å²) in [5.74, 6) is -0.00444. The first-order valence-corrected chi connectivity index (χ1v) is 8.76. The lowest BCUT2D eigenvalue weighted by Crippen LogP contribution is -2.44. The molecule has 1 saturated heterocycles. The summed E-state index contributed by atoms with van der Waals surface area (Å²) in [5.41, 5.74) is 9.51. The summed E-state index contributed by atoms with van der Waals surface area (Å²) in [7, 11) is 0. The maximum absolute atomic E-state index is 13.0. The van der Waals surface area contributed by atoms with E-state index in [0.29, 0.717) is 25.3 Å². The number of fused-ring (bicyclic) bond motifs is 1. The number of nitrogen functional groups attached to an aromatic ring is 1. The fraction of sp³-hybridized carbons (Fsp3) is 0.250. The number of ketones is 1. The molecule has 1 unspecified atom stereocenters. The molecule has 0 bridgehead atoms. The normalized spacial score (nSPS) is 18.1. The van der Waals surface area contributed by atoms with Gasteiger partial charge in [-0.25, -0.2) is 0 Å². The van der Waals surface area contributed by atoms with Crippen LogP contribution in [0.25, 0.3) is 10.9 Å². The van der Waals surface area contributed by atoms with Gasteiger partial charge >= 0.3 is 0 Å². The summed E-state index contributed by atoms with van der Waals surface area (Å²) >= 11 is 0. The number of benzene rings is 2. The Labute approximate surface area is 151 Å². The van der Waals surface area contributed by atoms with Crippen molar-refractivity contribution >= 4 is 28.1 Å². The molecule has 3 aromatic rings. The van der Waals surface area contributed by atoms with Gasteiger partial charge in [-0.05, 0) is 29.8 Å². The summed E-state index contributed by atoms with van der Waals surface area (Å²) in [6.07, 6.45) is 1.95. The van der Waals surface area contributed by atoms with E-state index in [4.69, 9.17) is 10.5 Å². The largest absolute Gasteiger partial charge is 0.399 e. The van der Waals surface area contributed by atoms with Crippen LogP contribution in [-0.4, -0.2) is 36.2 Å². The Morgan fingerprint density at radius 1 is 1.27 bits per heavy atom. The highest BCUT2D eigenvalue weighted by molar-refractivity contribution is 5.92. The molecule has 6 heteroatoms. The van der Waals surface area contributed by atoms with Crippen molar-refractivity contribution in [1.29, 1.82) is 0 Å². The maximum atomic E-state index is 13.0. The van der Waals surface area contributed by atoms with Crippen LogP contribution in [0.15, 0.2) is 54.7 Å². The van der Waals surface area contributed by atoms with E-state index in [0.717, 1.165) is 22.2 Å². The number of nitrogens with one attached hydrogen (secondary N) is 3. The van der Waals surface area contributed by atoms with Gasteiger partial charge in [0.1, 0.15) is 0 Å². The standard InChI is InChI=1S/C20H22N4O2/c21-14-4-3-5-15(11-14)24-18(19(25)20-22-8-9-26-20)10-13-12-23-17-7-2-1-6-16(13)17/h1-7,11-12,18,20,22-24H,8-10,21H2/t18-,20?/m0/s1. The lowest BCUT2D eigenvalue weighted by Gasteiger charge is -2.22. The molecule has 5 N–H and O–H groups in total. The molecule has 2 atom stereocenters. The predicted octanol–water partition coefficient (Wildman–Crippen LogP) is 2.29. The molecule has 26 heavy (non-hydrogen) atoms. The number of rotatable bonds is 6. The van der Waals surface area contributed by atoms with Gasteiger partial charge in [-0.3, -0.25) is 10.1 Å². The second kappa shape index (κ2) is 7.19. The molecule has 0 amide bonds. The topological polar surface area (TPSA) is 92.2 Å². The van der Waals surface area contributed by atoms with E-state index >= 15 is 0 Å². The molecule has 2 heterocycles. The lowest BCUT2D eigenvalue weighted by atomic mass is 10.0. The second-order valence-corrected chi connectivity index (χ2v) is 6.49. The zero-order chi connectivity index (χ0) is 17.9. The highest BCUT2D eigenvalue weighted by atomic mass is 16.5. The van der Waals surface area contributed by atoms with E-state index < -0.39 is 12.3 Å². The first-order chi connectivity index (χ1) is 12.7. The first kappa shape index (κ1) is 16.6. The number of hydrogen-bond donors (Lipinski definition) is 4. The maximum Gasteiger partial charge on any atom is 0.198 e. The van der Waals surface area contributed by atoms with Crippen LogP contribution in [0.3, 0.4) is 0 Å². The Morgan fingerprint density at radius 2 is 2.15 bits per heavy atom. The van der Waals surface area contributed by atoms with Crippen molar-refractivity contribution in [3.8, 4) is 0 Å². The Bertz CT molecular complexity index is 915. The van der Waals surface area contributed by atoms with Crippen molar-refractivity contribution in [2.24, 2.45) is 0 Å². The molecular weight excluding hydrogens is 328 g/mol. The molecule has 0 saturated carbocycles. The molecule has 2 aromatic carbocycles. The minimum absolute atomic E-state index is 0.00444. The summed E-state index contributed by atoms with van der Waals surface area (Å²) in [6.45, 7) is 1.24. The molecule has 1 aromatic heterocycles. The Morgan fingerprint density at radius 3 is 2.96 bits per heavy atom. The highest BCUT2D eigenvalue weighted by Gasteiger charge is 2.30. The van der Waals surface area contributed by atoms with Crippen LogP contribution in [0.4, 0.5) is 11.4 Å². The quantitative estimate of drug-likeness (QED) is 0.512. The fourth-order valence-corrected chi connectivity index (χ4v) is 3.36. The highest BCUT2D eigenvalue weighted by Crippen LogP contribution is 2.22. The van der Waals surface area contributed by atoms with Crippen molar-refractivity contribution in [2.45, 2.75) is 18.7 Å². The van der Waals surface area contributed by atoms with Gasteiger partial charge < -0.3 is 20.8 Å². The minimum Gasteiger partial charge on any atom is -0.399 e. The molecule has 1 fully saturated rings. The summed E-state index contributed by atoms with van der Waals surface area (Å²) in [5, 5.41) is 7.57. The number of ether oxygens (including phenoxy) is 1. The van der Waals surface area contributed by atoms with Gasteiger partial charge in [0.15, 0.2) is 12.0 Å². The summed E-state index contributed by atoms with van der Waals surface area (Å²) in [6, 6.07) is 15.1. The van der Waals surface area contributed by atoms with Crippen molar-refractivity contribution in [3.63, 3.8) is 0 Å². The van der Waals surface area contributed by atoms with Crippen LogP contribution in [0.2, 0.25) is 0 Å². The SMILES string of the molecule is Nc1cccc(N[C@@H](Cc2c[nH]c3ccccc23)C(=O)C2NCCO2)c1. The number of H-pyrrole nitrogens is 1. The Balaban J connectivity index is 1.62. The van der Waals surface area contributed by atoms with Gasteiger partial charge in [-0.1, -0.05) is 24.3 Å². The van der Waals surface area contributed by atoms with E-state index in [9.17, 15) is 4.79 Å². The van der Waals surface area contributed by atoms with Crippen molar-refractivity contribution < 1.29 is 9.53 Å². The zero-order valence-corrected chi connectivity index (χ0v) is 14.4. The average molecular weight is 350 g/mol. The number of nitrogens with two attached hydrogens (primary N) is 1. The number of aromatic amines is 1. The predicted molar refractivity (Wildman–Crippen MR) is 103 cm³/mol. The monoisotopic (exact) mass is 350 g/mol. The van der Waals surface area contributed by atoms with Gasteiger partial charge in [0.25, 0.3) is 0 Å². The summed E-state index contributed by atoms with van der Waals surface area (Å²) in [4.78, 5) is 16.3. The Hall–Kier alpha value is -2.83. The van der Waals surface area contributed by atoms with Crippen molar-refractivity contribution in [2.75, 3.05) is 24.2 Å². The number of hydrogen-bond acceptors (Lipinski definition) is 5. The minimum atomic E-state index is -0.571. The molecule has 4 rings (SSSR count). The smallest absolute Gasteiger partial charge is 0.198 e. The third-order valence-electron chi connectivity index (χ3n) is 4.64. The van der Waals surface area contributed by atoms with Crippen LogP contribution in [0.1, 0.15) is 5.56 Å². The van der Waals surface area contributed by atoms with Crippen LogP contribution in [0.5, 0.6) is 0 Å². The number of para-hydroxylation sites is 1. The molecule has 1 aliphatic heterocycles. The molecule has 0 spiro atoms. The van der Waals surface area contributed by atoms with E-state index in [-0.39, 0.29) is 5.78 Å². The van der Waals surface area contributed by atoms with Crippen LogP contribution in [0, 0.1) is 0 Å². The average Bonchev–Trinajstić information content (AvgIpc) is 3.31. The lowest BCUT2D eigenvalue weighted by molar-refractivity contribution is -0.129. The number of carbonyl (C=O) groups is 1. The molecule has 0 aliphatic carbocycles. The van der Waals surface area contributed by atoms with Crippen molar-refractivity contribution in [3.05, 3.63) is 60.3 Å². The van der Waals surface area contributed by atoms with Gasteiger partial charge in [0, 0.05) is 41.4 Å². The number of aromatic nitrogens is 1. The number of Topliss-reactive ketones (excluding diaryl/α,β-unsaturated/α-hetero) is 1. The zero-order valence-electron chi connectivity index (χ0n) is 14.4. The van der Waals surface area contributed by atoms with E-state index in [1.54, 1.807) is 0 Å². The van der Waals surface area contributed by atoms with Crippen LogP contribution in [-0.2, 0) is 16.0 Å². The third-order valence-corrected chi connectivity index (χ3v) is 4.64. The second-order valence-electron chi connectivity index (χ2n) is 6.49. The third kappa shape index (κ3) is 3.42. The number of carbonyl (C=O) groups excluding carboxylic acids is 1.